The zero-order chi connectivity index (χ0) is 15.3. The van der Waals surface area contributed by atoms with Crippen LogP contribution in [0.3, 0.4) is 0 Å². The van der Waals surface area contributed by atoms with E-state index in [-0.39, 0.29) is 22.7 Å². The first-order valence-electron chi connectivity index (χ1n) is 6.89. The van der Waals surface area contributed by atoms with Crippen LogP contribution in [0, 0.1) is 23.3 Å². The number of benzene rings is 1. The Morgan fingerprint density at radius 2 is 1.70 bits per heavy atom. The summed E-state index contributed by atoms with van der Waals surface area (Å²) in [6, 6.07) is 10.1. The number of hydrogen-bond donors (Lipinski definition) is 1. The van der Waals surface area contributed by atoms with E-state index in [1.165, 1.54) is 0 Å². The molecule has 0 saturated carbocycles. The molecule has 5 atom stereocenters. The van der Waals surface area contributed by atoms with E-state index in [0.717, 1.165) is 5.56 Å². The van der Waals surface area contributed by atoms with E-state index in [2.05, 4.69) is 34.3 Å². The van der Waals surface area contributed by atoms with Gasteiger partial charge in [-0.05, 0) is 18.4 Å². The summed E-state index contributed by atoms with van der Waals surface area (Å²) in [6.07, 6.45) is 1.63. The van der Waals surface area contributed by atoms with Crippen LogP contribution in [0.2, 0.25) is 0 Å². The minimum absolute atomic E-state index is 0.00734. The predicted molar refractivity (Wildman–Crippen MR) is 85.3 cm³/mol. The Balaban J connectivity index is 2.76. The van der Waals surface area contributed by atoms with Crippen molar-refractivity contribution in [3.63, 3.8) is 0 Å². The molecular weight excluding hydrogens is 316 g/mol. The average Bonchev–Trinajstić information content (AvgIpc) is 2.51. The summed E-state index contributed by atoms with van der Waals surface area (Å²) in [5, 5.41) is 19.5. The summed E-state index contributed by atoms with van der Waals surface area (Å²) in [7, 11) is 1.75. The smallest absolute Gasteiger partial charge is 0.179 e. The summed E-state index contributed by atoms with van der Waals surface area (Å²) < 4.78 is 0. The molecule has 0 bridgehead atoms. The van der Waals surface area contributed by atoms with Crippen molar-refractivity contribution in [2.24, 2.45) is 11.8 Å². The minimum Gasteiger partial charge on any atom is -0.392 e. The molecule has 1 aromatic carbocycles. The molecule has 1 N–H and O–H groups in total. The number of alkyl halides is 1. The van der Waals surface area contributed by atoms with Gasteiger partial charge >= 0.3 is 0 Å². The van der Waals surface area contributed by atoms with Gasteiger partial charge in [-0.15, -0.1) is 0 Å². The molecule has 0 fully saturated rings. The first-order chi connectivity index (χ1) is 9.40. The second kappa shape index (κ2) is 7.66. The highest BCUT2D eigenvalue weighted by Gasteiger charge is 2.31. The third kappa shape index (κ3) is 3.97. The van der Waals surface area contributed by atoms with Crippen LogP contribution in [-0.4, -0.2) is 29.2 Å². The van der Waals surface area contributed by atoms with Crippen molar-refractivity contribution in [3.8, 4) is 6.19 Å². The standard InChI is InChI=1S/C16H23BrN2O/c1-11(13(3)19(4)10-18)16(20)12(2)15(17)14-8-6-5-7-9-14/h5-9,11-13,15-16,20H,1-4H3/t11-,12+,13-,15+,16-/m0/s1. The SMILES string of the molecule is C[C@H]([C@H](O)[C@H](C)[C@@H](Br)c1ccccc1)[C@H](C)N(C)C#N. The second-order valence-corrected chi connectivity index (χ2v) is 6.46. The molecule has 0 aliphatic heterocycles. The van der Waals surface area contributed by atoms with Crippen LogP contribution in [0.5, 0.6) is 0 Å². The predicted octanol–water partition coefficient (Wildman–Crippen LogP) is 3.56. The fraction of sp³-hybridized carbons (Fsp3) is 0.562. The lowest BCUT2D eigenvalue weighted by Crippen LogP contribution is -2.40. The number of nitriles is 1. The number of aliphatic hydroxyl groups is 1. The first kappa shape index (κ1) is 17.0. The average molecular weight is 339 g/mol. The van der Waals surface area contributed by atoms with Gasteiger partial charge in [0.25, 0.3) is 0 Å². The molecule has 0 aliphatic rings. The van der Waals surface area contributed by atoms with Crippen LogP contribution >= 0.6 is 15.9 Å². The molecule has 110 valence electrons. The molecule has 0 saturated heterocycles. The zero-order valence-electron chi connectivity index (χ0n) is 12.5. The van der Waals surface area contributed by atoms with Gasteiger partial charge in [0.1, 0.15) is 0 Å². The first-order valence-corrected chi connectivity index (χ1v) is 7.81. The van der Waals surface area contributed by atoms with Gasteiger partial charge in [-0.3, -0.25) is 0 Å². The molecule has 0 aliphatic carbocycles. The van der Waals surface area contributed by atoms with E-state index in [9.17, 15) is 5.11 Å². The van der Waals surface area contributed by atoms with Crippen LogP contribution in [0.4, 0.5) is 0 Å². The highest BCUT2D eigenvalue weighted by atomic mass is 79.9. The molecule has 0 amide bonds. The molecule has 4 heteroatoms. The van der Waals surface area contributed by atoms with Gasteiger partial charge in [0.2, 0.25) is 0 Å². The Morgan fingerprint density at radius 3 is 2.20 bits per heavy atom. The van der Waals surface area contributed by atoms with Crippen LogP contribution < -0.4 is 0 Å². The quantitative estimate of drug-likeness (QED) is 0.490. The van der Waals surface area contributed by atoms with E-state index in [1.54, 1.807) is 11.9 Å². The van der Waals surface area contributed by atoms with E-state index < -0.39 is 6.10 Å². The van der Waals surface area contributed by atoms with Gasteiger partial charge in [-0.2, -0.15) is 5.26 Å². The maximum atomic E-state index is 10.6. The van der Waals surface area contributed by atoms with E-state index in [1.807, 2.05) is 39.0 Å². The molecule has 1 aromatic rings. The highest BCUT2D eigenvalue weighted by Crippen LogP contribution is 2.35. The van der Waals surface area contributed by atoms with E-state index in [0.29, 0.717) is 0 Å². The number of nitrogens with zero attached hydrogens (tertiary/aromatic N) is 2. The molecule has 0 radical (unpaired) electrons. The van der Waals surface area contributed by atoms with Crippen molar-refractivity contribution in [1.29, 1.82) is 5.26 Å². The Bertz CT molecular complexity index is 446. The summed E-state index contributed by atoms with van der Waals surface area (Å²) in [4.78, 5) is 1.69. The van der Waals surface area contributed by atoms with Crippen molar-refractivity contribution < 1.29 is 5.11 Å². The van der Waals surface area contributed by atoms with Crippen LogP contribution in [0.25, 0.3) is 0 Å². The van der Waals surface area contributed by atoms with Crippen LogP contribution in [0.15, 0.2) is 30.3 Å². The minimum atomic E-state index is -0.481. The van der Waals surface area contributed by atoms with Gasteiger partial charge in [-0.25, -0.2) is 0 Å². The van der Waals surface area contributed by atoms with Crippen LogP contribution in [0.1, 0.15) is 31.2 Å². The lowest BCUT2D eigenvalue weighted by molar-refractivity contribution is 0.0353. The number of aliphatic hydroxyl groups excluding tert-OH is 1. The van der Waals surface area contributed by atoms with Crippen molar-refractivity contribution in [2.45, 2.75) is 37.7 Å². The zero-order valence-corrected chi connectivity index (χ0v) is 14.1. The molecule has 0 unspecified atom stereocenters. The third-order valence-electron chi connectivity index (χ3n) is 4.19. The maximum absolute atomic E-state index is 10.6. The molecule has 0 spiro atoms. The topological polar surface area (TPSA) is 47.3 Å². The van der Waals surface area contributed by atoms with Crippen molar-refractivity contribution in [1.82, 2.24) is 4.90 Å². The lowest BCUT2D eigenvalue weighted by Gasteiger charge is -2.34. The largest absolute Gasteiger partial charge is 0.392 e. The molecule has 0 heterocycles. The normalized spacial score (nSPS) is 18.4. The summed E-state index contributed by atoms with van der Waals surface area (Å²) in [5.74, 6) is 0.0698. The van der Waals surface area contributed by atoms with Crippen LogP contribution in [-0.2, 0) is 0 Å². The Hall–Kier alpha value is -1.05. The van der Waals surface area contributed by atoms with Crippen molar-refractivity contribution in [2.75, 3.05) is 7.05 Å². The van der Waals surface area contributed by atoms with Gasteiger partial charge in [0.05, 0.1) is 6.10 Å². The summed E-state index contributed by atoms with van der Waals surface area (Å²) >= 11 is 3.68. The van der Waals surface area contributed by atoms with Crippen molar-refractivity contribution >= 4 is 15.9 Å². The molecular formula is C16H23BrN2O. The molecule has 3 nitrogen and oxygen atoms in total. The van der Waals surface area contributed by atoms with Gasteiger partial charge in [0.15, 0.2) is 6.19 Å². The number of halogens is 1. The summed E-state index contributed by atoms with van der Waals surface area (Å²) in [6.45, 7) is 5.99. The van der Waals surface area contributed by atoms with Gasteiger partial charge in [0, 0.05) is 23.8 Å². The number of hydrogen-bond acceptors (Lipinski definition) is 3. The fourth-order valence-electron chi connectivity index (χ4n) is 2.32. The fourth-order valence-corrected chi connectivity index (χ4v) is 2.94. The van der Waals surface area contributed by atoms with Gasteiger partial charge in [-0.1, -0.05) is 60.1 Å². The van der Waals surface area contributed by atoms with Gasteiger partial charge < -0.3 is 10.0 Å². The lowest BCUT2D eigenvalue weighted by atomic mass is 9.85. The van der Waals surface area contributed by atoms with E-state index in [4.69, 9.17) is 5.26 Å². The Kier molecular flexibility index (Phi) is 6.51. The second-order valence-electron chi connectivity index (χ2n) is 5.47. The Morgan fingerprint density at radius 1 is 1.15 bits per heavy atom. The number of rotatable bonds is 6. The van der Waals surface area contributed by atoms with Crippen molar-refractivity contribution in [3.05, 3.63) is 35.9 Å². The summed E-state index contributed by atoms with van der Waals surface area (Å²) in [5.41, 5.74) is 1.16. The molecule has 1 rings (SSSR count). The Labute approximate surface area is 130 Å². The molecule has 20 heavy (non-hydrogen) atoms. The highest BCUT2D eigenvalue weighted by molar-refractivity contribution is 9.09. The van der Waals surface area contributed by atoms with E-state index >= 15 is 0 Å². The third-order valence-corrected chi connectivity index (χ3v) is 5.55. The maximum Gasteiger partial charge on any atom is 0.179 e. The molecule has 0 aromatic heterocycles. The monoisotopic (exact) mass is 338 g/mol.